The Morgan fingerprint density at radius 3 is 1.85 bits per heavy atom. The van der Waals surface area contributed by atoms with Gasteiger partial charge in [0.15, 0.2) is 18.3 Å². The van der Waals surface area contributed by atoms with Crippen molar-refractivity contribution in [2.24, 2.45) is 11.8 Å². The fraction of sp³-hybridized carbons (Fsp3) is 0.912. The third-order valence-corrected chi connectivity index (χ3v) is 8.85. The average molecular weight is 693 g/mol. The van der Waals surface area contributed by atoms with Crippen LogP contribution in [0.15, 0.2) is 0 Å². The van der Waals surface area contributed by atoms with Crippen LogP contribution in [-0.4, -0.2) is 118 Å². The van der Waals surface area contributed by atoms with Gasteiger partial charge < -0.3 is 54.0 Å². The van der Waals surface area contributed by atoms with Gasteiger partial charge in [-0.15, -0.1) is 0 Å². The third kappa shape index (κ3) is 12.1. The van der Waals surface area contributed by atoms with Crippen molar-refractivity contribution in [2.75, 3.05) is 19.8 Å². The zero-order valence-electron chi connectivity index (χ0n) is 29.3. The average Bonchev–Trinajstić information content (AvgIpc) is 3.30. The van der Waals surface area contributed by atoms with Crippen molar-refractivity contribution >= 4 is 17.9 Å². The third-order valence-electron chi connectivity index (χ3n) is 8.85. The van der Waals surface area contributed by atoms with Crippen molar-refractivity contribution < 1.29 is 68.3 Å². The van der Waals surface area contributed by atoms with Crippen LogP contribution in [0, 0.1) is 11.8 Å². The summed E-state index contributed by atoms with van der Waals surface area (Å²) in [5.74, 6) is -5.15. The highest BCUT2D eigenvalue weighted by molar-refractivity contribution is 5.73. The van der Waals surface area contributed by atoms with Gasteiger partial charge in [0.2, 0.25) is 12.1 Å². The molecule has 0 radical (unpaired) electrons. The van der Waals surface area contributed by atoms with Crippen LogP contribution in [-0.2, 0) is 42.8 Å². The summed E-state index contributed by atoms with van der Waals surface area (Å²) in [4.78, 5) is 39.3. The lowest BCUT2D eigenvalue weighted by atomic mass is 9.97. The number of ether oxygens (including phenoxy) is 6. The first kappa shape index (κ1) is 42.3. The summed E-state index contributed by atoms with van der Waals surface area (Å²) in [6.45, 7) is 6.64. The Kier molecular flexibility index (Phi) is 18.8. The van der Waals surface area contributed by atoms with E-state index in [1.165, 1.54) is 25.7 Å². The Balaban J connectivity index is 2.38. The molecule has 0 aliphatic carbocycles. The Morgan fingerprint density at radius 1 is 0.750 bits per heavy atom. The summed E-state index contributed by atoms with van der Waals surface area (Å²) in [5.41, 5.74) is 0. The normalized spacial score (nSPS) is 31.1. The molecule has 2 aliphatic heterocycles. The maximum atomic E-state index is 13.3. The van der Waals surface area contributed by atoms with Crippen molar-refractivity contribution in [1.82, 2.24) is 0 Å². The first-order valence-corrected chi connectivity index (χ1v) is 17.7. The van der Waals surface area contributed by atoms with Gasteiger partial charge in [-0.1, -0.05) is 86.0 Å². The van der Waals surface area contributed by atoms with E-state index in [1.807, 2.05) is 0 Å². The van der Waals surface area contributed by atoms with E-state index in [1.54, 1.807) is 27.7 Å². The van der Waals surface area contributed by atoms with E-state index in [0.29, 0.717) is 12.8 Å². The van der Waals surface area contributed by atoms with Crippen LogP contribution in [0.3, 0.4) is 0 Å². The van der Waals surface area contributed by atoms with E-state index < -0.39 is 98.5 Å². The first-order valence-electron chi connectivity index (χ1n) is 17.7. The van der Waals surface area contributed by atoms with Crippen LogP contribution in [0.1, 0.15) is 112 Å². The number of aliphatic hydroxyl groups is 5. The van der Waals surface area contributed by atoms with Gasteiger partial charge in [-0.3, -0.25) is 14.4 Å². The predicted octanol–water partition coefficient (Wildman–Crippen LogP) is 2.27. The number of unbranched alkanes of at least 4 members (excludes halogenated alkanes) is 8. The summed E-state index contributed by atoms with van der Waals surface area (Å²) in [6.07, 6.45) is -2.98. The minimum Gasteiger partial charge on any atom is -0.455 e. The van der Waals surface area contributed by atoms with Crippen LogP contribution >= 0.6 is 0 Å². The molecule has 2 saturated heterocycles. The molecule has 48 heavy (non-hydrogen) atoms. The van der Waals surface area contributed by atoms with Gasteiger partial charge in [0.1, 0.15) is 31.0 Å². The molecule has 5 N–H and O–H groups in total. The van der Waals surface area contributed by atoms with Crippen molar-refractivity contribution in [2.45, 2.75) is 166 Å². The van der Waals surface area contributed by atoms with E-state index >= 15 is 0 Å². The molecule has 2 rings (SSSR count). The molecule has 0 aromatic rings. The number of carbonyl (C=O) groups is 3. The highest BCUT2D eigenvalue weighted by Crippen LogP contribution is 2.38. The van der Waals surface area contributed by atoms with Gasteiger partial charge in [0, 0.05) is 12.8 Å². The number of aliphatic hydroxyl groups excluding tert-OH is 5. The van der Waals surface area contributed by atoms with Crippen LogP contribution in [0.5, 0.6) is 0 Å². The molecule has 14 nitrogen and oxygen atoms in total. The quantitative estimate of drug-likeness (QED) is 0.0627. The molecular weight excluding hydrogens is 632 g/mol. The van der Waals surface area contributed by atoms with E-state index in [4.69, 9.17) is 28.4 Å². The number of hydrogen-bond acceptors (Lipinski definition) is 14. The van der Waals surface area contributed by atoms with E-state index in [2.05, 4.69) is 6.92 Å². The van der Waals surface area contributed by atoms with Crippen molar-refractivity contribution in [3.8, 4) is 0 Å². The number of rotatable bonds is 22. The smallest absolute Gasteiger partial charge is 0.309 e. The molecule has 0 spiro atoms. The van der Waals surface area contributed by atoms with E-state index in [9.17, 15) is 39.9 Å². The number of esters is 3. The molecule has 0 saturated carbocycles. The highest BCUT2D eigenvalue weighted by atomic mass is 16.8. The Bertz CT molecular complexity index is 962. The lowest BCUT2D eigenvalue weighted by Crippen LogP contribution is -2.65. The van der Waals surface area contributed by atoms with E-state index in [-0.39, 0.29) is 18.8 Å². The van der Waals surface area contributed by atoms with Gasteiger partial charge in [-0.05, 0) is 18.8 Å². The van der Waals surface area contributed by atoms with Gasteiger partial charge in [0.05, 0.1) is 19.1 Å². The van der Waals surface area contributed by atoms with Crippen molar-refractivity contribution in [1.29, 1.82) is 0 Å². The molecular formula is C34H60O14. The zero-order valence-corrected chi connectivity index (χ0v) is 29.3. The second-order valence-electron chi connectivity index (χ2n) is 13.4. The monoisotopic (exact) mass is 692 g/mol. The molecule has 0 aromatic heterocycles. The molecule has 1 unspecified atom stereocenters. The molecule has 0 amide bonds. The second kappa shape index (κ2) is 21.3. The number of carbonyl (C=O) groups excluding carboxylic acids is 3. The maximum absolute atomic E-state index is 13.3. The molecule has 14 heteroatoms. The van der Waals surface area contributed by atoms with Crippen LogP contribution in [0.25, 0.3) is 0 Å². The molecule has 0 bridgehead atoms. The second-order valence-corrected chi connectivity index (χ2v) is 13.4. The van der Waals surface area contributed by atoms with Crippen LogP contribution < -0.4 is 0 Å². The van der Waals surface area contributed by atoms with Gasteiger partial charge in [-0.25, -0.2) is 0 Å². The van der Waals surface area contributed by atoms with E-state index in [0.717, 1.165) is 25.7 Å². The summed E-state index contributed by atoms with van der Waals surface area (Å²) in [6, 6.07) is 0. The predicted molar refractivity (Wildman–Crippen MR) is 171 cm³/mol. The number of hydrogen-bond donors (Lipinski definition) is 5. The van der Waals surface area contributed by atoms with Crippen molar-refractivity contribution in [3.63, 3.8) is 0 Å². The fourth-order valence-electron chi connectivity index (χ4n) is 5.73. The fourth-order valence-corrected chi connectivity index (χ4v) is 5.73. The Morgan fingerprint density at radius 2 is 1.33 bits per heavy atom. The minimum absolute atomic E-state index is 0.000889. The zero-order chi connectivity index (χ0) is 35.9. The largest absolute Gasteiger partial charge is 0.455 e. The van der Waals surface area contributed by atoms with Gasteiger partial charge in [-0.2, -0.15) is 0 Å². The maximum Gasteiger partial charge on any atom is 0.309 e. The standard InChI is InChI=1S/C34H60O14/c1-6-8-9-10-11-12-13-14-15-16-25(38)44-29-28(45-26(39)17-21(3)4)24(19-36)43-33(30(29)46-32(42)22(5)7-2)48-34(20-37)31(41)27(40)23(18-35)47-34/h21-24,27-31,33,35-37,40-41H,6-20H2,1-5H3/t22?,23-,24-,27-,28-,29+,30-,31+,33-,34+/m1/s1. The lowest BCUT2D eigenvalue weighted by Gasteiger charge is -2.46. The highest BCUT2D eigenvalue weighted by Gasteiger charge is 2.60. The first-order chi connectivity index (χ1) is 22.9. The SMILES string of the molecule is CCCCCCCCCCCC(=O)O[C@@H]1[C@@H](OC(=O)C(C)CC)[C@@H](O[C@]2(CO)O[C@H](CO)[C@@H](O)[C@@H]2O)O[C@H](CO)[C@H]1OC(=O)CC(C)C. The minimum atomic E-state index is -2.37. The molecule has 2 aliphatic rings. The summed E-state index contributed by atoms with van der Waals surface area (Å²) in [5, 5.41) is 51.5. The summed E-state index contributed by atoms with van der Waals surface area (Å²) in [7, 11) is 0. The molecule has 2 fully saturated rings. The summed E-state index contributed by atoms with van der Waals surface area (Å²) >= 11 is 0. The van der Waals surface area contributed by atoms with Gasteiger partial charge >= 0.3 is 17.9 Å². The molecule has 280 valence electrons. The Hall–Kier alpha value is -1.91. The van der Waals surface area contributed by atoms with Crippen molar-refractivity contribution in [3.05, 3.63) is 0 Å². The molecule has 10 atom stereocenters. The van der Waals surface area contributed by atoms with Gasteiger partial charge in [0.25, 0.3) is 0 Å². The van der Waals surface area contributed by atoms with Crippen LogP contribution in [0.4, 0.5) is 0 Å². The Labute approximate surface area is 284 Å². The lowest BCUT2D eigenvalue weighted by molar-refractivity contribution is -0.384. The topological polar surface area (TPSA) is 208 Å². The molecule has 0 aromatic carbocycles. The summed E-state index contributed by atoms with van der Waals surface area (Å²) < 4.78 is 34.8. The molecule has 2 heterocycles. The van der Waals surface area contributed by atoms with Crippen LogP contribution in [0.2, 0.25) is 0 Å².